The molecule has 1 heteroatoms. The fraction of sp³-hybridized carbons (Fsp3) is 0.118. The lowest BCUT2D eigenvalue weighted by Gasteiger charge is -2.53. The zero-order valence-electron chi connectivity index (χ0n) is 19.5. The van der Waals surface area contributed by atoms with Crippen LogP contribution < -0.4 is 10.6 Å². The van der Waals surface area contributed by atoms with E-state index in [4.69, 9.17) is 0 Å². The van der Waals surface area contributed by atoms with Crippen LogP contribution in [-0.2, 0) is 0 Å². The second-order valence-electron chi connectivity index (χ2n) is 9.68. The molecule has 0 heterocycles. The predicted octanol–water partition coefficient (Wildman–Crippen LogP) is 7.56. The first kappa shape index (κ1) is 20.9. The van der Waals surface area contributed by atoms with Crippen molar-refractivity contribution in [3.63, 3.8) is 0 Å². The molecule has 3 aliphatic carbocycles. The fourth-order valence-electron chi connectivity index (χ4n) is 6.69. The summed E-state index contributed by atoms with van der Waals surface area (Å²) in [5.74, 6) is 1.18. The van der Waals surface area contributed by atoms with Gasteiger partial charge >= 0.3 is 0 Å². The van der Waals surface area contributed by atoms with Crippen molar-refractivity contribution in [2.75, 3.05) is 0 Å². The number of hydrogen-bond donors (Lipinski definition) is 0. The van der Waals surface area contributed by atoms with Crippen molar-refractivity contribution in [3.8, 4) is 0 Å². The second-order valence-corrected chi connectivity index (χ2v) is 12.1. The maximum Gasteiger partial charge on any atom is 0.0175 e. The van der Waals surface area contributed by atoms with Gasteiger partial charge in [0, 0.05) is 23.4 Å². The summed E-state index contributed by atoms with van der Waals surface area (Å²) in [7, 11) is -0.596. The van der Waals surface area contributed by atoms with Crippen LogP contribution in [0.1, 0.15) is 45.6 Å². The molecule has 0 aliphatic heterocycles. The van der Waals surface area contributed by atoms with Gasteiger partial charge in [0.15, 0.2) is 0 Å². The van der Waals surface area contributed by atoms with Gasteiger partial charge in [0.25, 0.3) is 0 Å². The number of fused-ring (bicyclic) bond motifs is 1. The van der Waals surface area contributed by atoms with E-state index in [0.29, 0.717) is 23.4 Å². The lowest BCUT2D eigenvalue weighted by Crippen LogP contribution is -2.44. The van der Waals surface area contributed by atoms with E-state index in [-0.39, 0.29) is 0 Å². The predicted molar refractivity (Wildman–Crippen MR) is 149 cm³/mol. The van der Waals surface area contributed by atoms with Gasteiger partial charge in [0.1, 0.15) is 0 Å². The minimum Gasteiger partial charge on any atom is -0.0622 e. The molecule has 2 bridgehead atoms. The van der Waals surface area contributed by atoms with E-state index in [2.05, 4.69) is 140 Å². The summed E-state index contributed by atoms with van der Waals surface area (Å²) < 4.78 is 0. The average molecular weight is 467 g/mol. The number of hydrogen-bond acceptors (Lipinski definition) is 0. The third-order valence-electron chi connectivity index (χ3n) is 7.95. The zero-order valence-corrected chi connectivity index (χ0v) is 20.4. The largest absolute Gasteiger partial charge is 0.0622 e. The summed E-state index contributed by atoms with van der Waals surface area (Å²) in [6.45, 7) is 0. The molecule has 0 nitrogen and oxygen atoms in total. The zero-order chi connectivity index (χ0) is 23.2. The van der Waals surface area contributed by atoms with Crippen molar-refractivity contribution in [1.29, 1.82) is 0 Å². The fourth-order valence-corrected chi connectivity index (χ4v) is 9.95. The monoisotopic (exact) mass is 466 g/mol. The van der Waals surface area contributed by atoms with Crippen LogP contribution in [0.2, 0.25) is 0 Å². The van der Waals surface area contributed by atoms with Gasteiger partial charge in [0.2, 0.25) is 0 Å². The van der Waals surface area contributed by atoms with E-state index >= 15 is 0 Å². The highest BCUT2D eigenvalue weighted by atomic mass is 31.1. The Hall–Kier alpha value is -3.47. The van der Waals surface area contributed by atoms with Gasteiger partial charge in [0.05, 0.1) is 0 Å². The molecule has 2 unspecified atom stereocenters. The van der Waals surface area contributed by atoms with E-state index < -0.39 is 7.92 Å². The first-order valence-electron chi connectivity index (χ1n) is 12.5. The Bertz CT molecular complexity index is 1370. The van der Waals surface area contributed by atoms with Crippen LogP contribution in [0.3, 0.4) is 0 Å². The van der Waals surface area contributed by atoms with Crippen LogP contribution in [0.4, 0.5) is 0 Å². The van der Waals surface area contributed by atoms with E-state index in [9.17, 15) is 0 Å². The molecule has 0 N–H and O–H groups in total. The van der Waals surface area contributed by atoms with Gasteiger partial charge in [-0.05, 0) is 46.3 Å². The Labute approximate surface area is 209 Å². The molecular weight excluding hydrogens is 439 g/mol. The Morgan fingerprint density at radius 1 is 0.371 bits per heavy atom. The normalized spacial score (nSPS) is 22.0. The lowest BCUT2D eigenvalue weighted by molar-refractivity contribution is 0.460. The summed E-state index contributed by atoms with van der Waals surface area (Å²) in [5, 5.41) is 2.95. The lowest BCUT2D eigenvalue weighted by atomic mass is 9.57. The Kier molecular flexibility index (Phi) is 5.15. The van der Waals surface area contributed by atoms with E-state index in [1.165, 1.54) is 38.4 Å². The maximum absolute atomic E-state index is 2.40. The van der Waals surface area contributed by atoms with Crippen LogP contribution in [0.15, 0.2) is 140 Å². The summed E-state index contributed by atoms with van der Waals surface area (Å²) >= 11 is 0. The van der Waals surface area contributed by atoms with Gasteiger partial charge in [-0.25, -0.2) is 0 Å². The summed E-state index contributed by atoms with van der Waals surface area (Å²) in [6, 6.07) is 52.5. The minimum atomic E-state index is -0.596. The standard InChI is InChI=1S/C34H27P/c1-4-14-24(15-5-1)31-32-27-20-10-12-22-29(27)33(30-23-13-11-21-28(30)32)34(31)35(25-16-6-2-7-17-25)26-18-8-3-9-19-26/h1-23,31-34H. The van der Waals surface area contributed by atoms with Crippen LogP contribution in [0, 0.1) is 0 Å². The minimum absolute atomic E-state index is 0.372. The average Bonchev–Trinajstić information content (AvgIpc) is 2.95. The summed E-state index contributed by atoms with van der Waals surface area (Å²) in [6.07, 6.45) is 0. The molecule has 0 saturated heterocycles. The molecule has 168 valence electrons. The smallest absolute Gasteiger partial charge is 0.0175 e. The van der Waals surface area contributed by atoms with Crippen molar-refractivity contribution in [1.82, 2.24) is 0 Å². The highest BCUT2D eigenvalue weighted by Gasteiger charge is 2.52. The van der Waals surface area contributed by atoms with Gasteiger partial charge in [-0.15, -0.1) is 0 Å². The topological polar surface area (TPSA) is 0 Å². The molecule has 3 aliphatic rings. The molecule has 8 rings (SSSR count). The maximum atomic E-state index is 2.40. The molecule has 5 aromatic carbocycles. The molecular formula is C34H27P. The van der Waals surface area contributed by atoms with Crippen LogP contribution in [0.25, 0.3) is 0 Å². The Morgan fingerprint density at radius 3 is 1.20 bits per heavy atom. The highest BCUT2D eigenvalue weighted by Crippen LogP contribution is 2.66. The van der Waals surface area contributed by atoms with E-state index in [1.54, 1.807) is 0 Å². The first-order chi connectivity index (χ1) is 17.4. The highest BCUT2D eigenvalue weighted by molar-refractivity contribution is 7.73. The van der Waals surface area contributed by atoms with Crippen LogP contribution in [-0.4, -0.2) is 5.66 Å². The molecule has 0 radical (unpaired) electrons. The van der Waals surface area contributed by atoms with Crippen molar-refractivity contribution in [2.24, 2.45) is 0 Å². The van der Waals surface area contributed by atoms with E-state index in [1.807, 2.05) is 0 Å². The molecule has 0 aromatic heterocycles. The van der Waals surface area contributed by atoms with Crippen LogP contribution in [0.5, 0.6) is 0 Å². The van der Waals surface area contributed by atoms with Crippen molar-refractivity contribution >= 4 is 18.5 Å². The Balaban J connectivity index is 1.55. The van der Waals surface area contributed by atoms with Crippen LogP contribution >= 0.6 is 7.92 Å². The van der Waals surface area contributed by atoms with Gasteiger partial charge in [-0.2, -0.15) is 0 Å². The first-order valence-corrected chi connectivity index (χ1v) is 13.9. The molecule has 0 saturated carbocycles. The number of benzene rings is 5. The molecule has 2 atom stereocenters. The van der Waals surface area contributed by atoms with Crippen molar-refractivity contribution in [3.05, 3.63) is 167 Å². The number of rotatable bonds is 4. The van der Waals surface area contributed by atoms with E-state index in [0.717, 1.165) is 0 Å². The quantitative estimate of drug-likeness (QED) is 0.240. The molecule has 35 heavy (non-hydrogen) atoms. The molecule has 0 spiro atoms. The molecule has 0 amide bonds. The van der Waals surface area contributed by atoms with Gasteiger partial charge in [-0.3, -0.25) is 0 Å². The molecule has 5 aromatic rings. The third-order valence-corrected chi connectivity index (χ3v) is 10.9. The third kappa shape index (κ3) is 3.32. The second kappa shape index (κ2) is 8.63. The van der Waals surface area contributed by atoms with Gasteiger partial charge in [-0.1, -0.05) is 140 Å². The van der Waals surface area contributed by atoms with Crippen molar-refractivity contribution in [2.45, 2.75) is 23.4 Å². The Morgan fingerprint density at radius 2 is 0.743 bits per heavy atom. The van der Waals surface area contributed by atoms with Crippen molar-refractivity contribution < 1.29 is 0 Å². The molecule has 0 fully saturated rings. The summed E-state index contributed by atoms with van der Waals surface area (Å²) in [5.41, 5.74) is 8.07. The summed E-state index contributed by atoms with van der Waals surface area (Å²) in [4.78, 5) is 0. The van der Waals surface area contributed by atoms with Gasteiger partial charge < -0.3 is 0 Å². The SMILES string of the molecule is c1ccc(C2C3c4ccccc4C(c4ccccc43)C2P(c2ccccc2)c2ccccc2)cc1.